The van der Waals surface area contributed by atoms with Crippen molar-refractivity contribution in [3.63, 3.8) is 0 Å². The lowest BCUT2D eigenvalue weighted by Crippen LogP contribution is -2.41. The third kappa shape index (κ3) is 6.25. The van der Waals surface area contributed by atoms with Crippen molar-refractivity contribution in [3.8, 4) is 5.69 Å². The largest absolute Gasteiger partial charge is 0.382 e. The van der Waals surface area contributed by atoms with Gasteiger partial charge in [-0.25, -0.2) is 21.6 Å². The zero-order valence-electron chi connectivity index (χ0n) is 25.3. The lowest BCUT2D eigenvalue weighted by molar-refractivity contribution is -0.0625. The lowest BCUT2D eigenvalue weighted by atomic mass is 9.89. The quantitative estimate of drug-likeness (QED) is 0.435. The number of anilines is 1. The fourth-order valence-corrected chi connectivity index (χ4v) is 9.67. The summed E-state index contributed by atoms with van der Waals surface area (Å²) in [6, 6.07) is 2.87. The van der Waals surface area contributed by atoms with Crippen LogP contribution in [0.4, 0.5) is 18.9 Å². The fourth-order valence-electron chi connectivity index (χ4n) is 7.32. The summed E-state index contributed by atoms with van der Waals surface area (Å²) in [5.74, 6) is -4.21. The second-order valence-corrected chi connectivity index (χ2v) is 15.5. The number of primary amides is 1. The summed E-state index contributed by atoms with van der Waals surface area (Å²) >= 11 is 0. The Labute approximate surface area is 256 Å². The van der Waals surface area contributed by atoms with Gasteiger partial charge in [-0.15, -0.1) is 0 Å². The molecule has 3 N–H and O–H groups in total. The Bertz CT molecular complexity index is 1540. The standard InChI is InChI=1S/C31H41F3N4O5S/c1-30(2)15-25-28(44(40,41)18-30)22-16-42-17-26(22)38(25)20-13-23(32)27(29(35)39)24(14-20)36-19-3-5-21(6-4-19)43-12-11-37-9-7-31(33,34)8-10-37/h13-14,19,21,36H,3-12,15-18H2,1-2H3,(H2,35,39)/t19-,21-. The summed E-state index contributed by atoms with van der Waals surface area (Å²) < 4.78 is 82.7. The monoisotopic (exact) mass is 638 g/mol. The number of likely N-dealkylation sites (tertiary alicyclic amines) is 1. The first-order chi connectivity index (χ1) is 20.7. The maximum Gasteiger partial charge on any atom is 0.253 e. The van der Waals surface area contributed by atoms with E-state index in [9.17, 15) is 22.0 Å². The highest BCUT2D eigenvalue weighted by molar-refractivity contribution is 7.91. The zero-order valence-corrected chi connectivity index (χ0v) is 26.1. The molecule has 0 radical (unpaired) electrons. The first-order valence-corrected chi connectivity index (χ1v) is 17.1. The molecule has 0 spiro atoms. The number of benzene rings is 1. The smallest absolute Gasteiger partial charge is 0.253 e. The fraction of sp³-hybridized carbons (Fsp3) is 0.645. The van der Waals surface area contributed by atoms with E-state index in [0.29, 0.717) is 55.3 Å². The number of carbonyl (C=O) groups is 1. The van der Waals surface area contributed by atoms with Gasteiger partial charge in [-0.3, -0.25) is 4.79 Å². The van der Waals surface area contributed by atoms with E-state index in [1.165, 1.54) is 6.07 Å². The summed E-state index contributed by atoms with van der Waals surface area (Å²) in [5, 5.41) is 3.35. The molecule has 0 unspecified atom stereocenters. The lowest BCUT2D eigenvalue weighted by Gasteiger charge is -2.33. The van der Waals surface area contributed by atoms with Crippen molar-refractivity contribution in [1.29, 1.82) is 0 Å². The van der Waals surface area contributed by atoms with E-state index >= 15 is 4.39 Å². The number of hydrogen-bond donors (Lipinski definition) is 2. The van der Waals surface area contributed by atoms with Crippen molar-refractivity contribution >= 4 is 21.4 Å². The number of amides is 1. The van der Waals surface area contributed by atoms with E-state index in [0.717, 1.165) is 25.7 Å². The van der Waals surface area contributed by atoms with Gasteiger partial charge in [0, 0.05) is 49.8 Å². The number of hydrogen-bond acceptors (Lipinski definition) is 7. The second kappa shape index (κ2) is 11.6. The number of sulfone groups is 1. The SMILES string of the molecule is CC1(C)Cc2c(c3c(n2-c2cc(F)c(C(N)=O)c(N[C@H]4CC[C@H](OCCN5CCC(F)(F)CC5)CC4)c2)COC3)S(=O)(=O)C1. The van der Waals surface area contributed by atoms with Crippen molar-refractivity contribution < 1.29 is 35.9 Å². The van der Waals surface area contributed by atoms with Crippen molar-refractivity contribution in [3.05, 3.63) is 40.5 Å². The Hall–Kier alpha value is -2.61. The molecule has 44 heavy (non-hydrogen) atoms. The molecular formula is C31H41F3N4O5S. The Kier molecular flexibility index (Phi) is 8.30. The van der Waals surface area contributed by atoms with Crippen LogP contribution in [0.2, 0.25) is 0 Å². The molecule has 1 saturated heterocycles. The maximum atomic E-state index is 15.6. The number of fused-ring (bicyclic) bond motifs is 3. The molecule has 4 aliphatic rings. The van der Waals surface area contributed by atoms with E-state index in [1.807, 2.05) is 18.7 Å². The Morgan fingerprint density at radius 3 is 2.50 bits per heavy atom. The van der Waals surface area contributed by atoms with Crippen LogP contribution < -0.4 is 11.1 Å². The van der Waals surface area contributed by atoms with E-state index in [1.54, 1.807) is 10.6 Å². The van der Waals surface area contributed by atoms with Crippen molar-refractivity contribution in [2.45, 2.75) is 95.0 Å². The van der Waals surface area contributed by atoms with E-state index in [4.69, 9.17) is 15.2 Å². The van der Waals surface area contributed by atoms with Crippen LogP contribution in [0.15, 0.2) is 17.0 Å². The molecule has 1 amide bonds. The third-order valence-electron chi connectivity index (χ3n) is 9.41. The van der Waals surface area contributed by atoms with Gasteiger partial charge in [0.1, 0.15) is 5.82 Å². The molecule has 0 atom stereocenters. The number of ether oxygens (including phenoxy) is 2. The average molecular weight is 639 g/mol. The molecule has 3 aliphatic heterocycles. The summed E-state index contributed by atoms with van der Waals surface area (Å²) in [4.78, 5) is 14.7. The van der Waals surface area contributed by atoms with Crippen molar-refractivity contribution in [2.24, 2.45) is 11.1 Å². The van der Waals surface area contributed by atoms with Crippen molar-refractivity contribution in [2.75, 3.05) is 37.3 Å². The van der Waals surface area contributed by atoms with Gasteiger partial charge in [0.15, 0.2) is 9.84 Å². The van der Waals surface area contributed by atoms with Gasteiger partial charge in [-0.05, 0) is 49.7 Å². The van der Waals surface area contributed by atoms with Gasteiger partial charge in [0.2, 0.25) is 0 Å². The first kappa shape index (κ1) is 31.4. The molecule has 1 aromatic carbocycles. The molecule has 1 aromatic heterocycles. The minimum Gasteiger partial charge on any atom is -0.382 e. The number of aromatic nitrogens is 1. The molecule has 242 valence electrons. The number of halogens is 3. The second-order valence-electron chi connectivity index (χ2n) is 13.5. The third-order valence-corrected chi connectivity index (χ3v) is 11.7. The van der Waals surface area contributed by atoms with Crippen LogP contribution >= 0.6 is 0 Å². The van der Waals surface area contributed by atoms with Gasteiger partial charge in [-0.1, -0.05) is 13.8 Å². The van der Waals surface area contributed by atoms with Gasteiger partial charge in [0.25, 0.3) is 11.8 Å². The van der Waals surface area contributed by atoms with Crippen LogP contribution in [0.1, 0.15) is 79.7 Å². The summed E-state index contributed by atoms with van der Waals surface area (Å²) in [5.41, 5.74) is 7.49. The molecule has 6 rings (SSSR count). The van der Waals surface area contributed by atoms with Crippen LogP contribution in [0, 0.1) is 11.2 Å². The molecule has 4 heterocycles. The minimum atomic E-state index is -3.58. The Morgan fingerprint density at radius 2 is 1.82 bits per heavy atom. The Morgan fingerprint density at radius 1 is 1.11 bits per heavy atom. The van der Waals surface area contributed by atoms with Crippen LogP contribution in [0.25, 0.3) is 5.69 Å². The molecule has 13 heteroatoms. The molecule has 9 nitrogen and oxygen atoms in total. The van der Waals surface area contributed by atoms with E-state index < -0.39 is 32.9 Å². The highest BCUT2D eigenvalue weighted by Crippen LogP contribution is 2.44. The summed E-state index contributed by atoms with van der Waals surface area (Å²) in [6.07, 6.45) is 3.26. The molecule has 1 saturated carbocycles. The number of piperidine rings is 1. The molecule has 2 aromatic rings. The topological polar surface area (TPSA) is 116 Å². The maximum absolute atomic E-state index is 15.6. The predicted octanol–water partition coefficient (Wildman–Crippen LogP) is 4.57. The minimum absolute atomic E-state index is 0.0226. The van der Waals surface area contributed by atoms with Gasteiger partial charge in [0.05, 0.1) is 59.2 Å². The normalized spacial score (nSPS) is 25.8. The number of carbonyl (C=O) groups excluding carboxylic acids is 1. The summed E-state index contributed by atoms with van der Waals surface area (Å²) in [6.45, 7) is 6.05. The van der Waals surface area contributed by atoms with Crippen LogP contribution in [0.3, 0.4) is 0 Å². The van der Waals surface area contributed by atoms with Gasteiger partial charge >= 0.3 is 0 Å². The zero-order chi connectivity index (χ0) is 31.4. The van der Waals surface area contributed by atoms with Crippen molar-refractivity contribution in [1.82, 2.24) is 9.47 Å². The van der Waals surface area contributed by atoms with E-state index in [2.05, 4.69) is 5.32 Å². The first-order valence-electron chi connectivity index (χ1n) is 15.4. The number of nitrogens with zero attached hydrogens (tertiary/aromatic N) is 2. The van der Waals surface area contributed by atoms with Crippen LogP contribution in [-0.4, -0.2) is 73.9 Å². The number of nitrogens with two attached hydrogens (primary N) is 1. The highest BCUT2D eigenvalue weighted by Gasteiger charge is 2.43. The van der Waals surface area contributed by atoms with Crippen LogP contribution in [-0.2, 0) is 38.9 Å². The predicted molar refractivity (Wildman–Crippen MR) is 159 cm³/mol. The Balaban J connectivity index is 1.18. The average Bonchev–Trinajstić information content (AvgIpc) is 3.49. The molecule has 0 bridgehead atoms. The number of alkyl halides is 2. The summed E-state index contributed by atoms with van der Waals surface area (Å²) in [7, 11) is -3.58. The number of rotatable bonds is 8. The van der Waals surface area contributed by atoms with E-state index in [-0.39, 0.29) is 60.1 Å². The molecular weight excluding hydrogens is 597 g/mol. The molecule has 1 aliphatic carbocycles. The number of nitrogens with one attached hydrogen (secondary N) is 1. The molecule has 2 fully saturated rings. The van der Waals surface area contributed by atoms with Gasteiger partial charge < -0.3 is 30.0 Å². The highest BCUT2D eigenvalue weighted by atomic mass is 32.2. The van der Waals surface area contributed by atoms with Gasteiger partial charge in [-0.2, -0.15) is 0 Å². The van der Waals surface area contributed by atoms with Crippen LogP contribution in [0.5, 0.6) is 0 Å².